The summed E-state index contributed by atoms with van der Waals surface area (Å²) in [5, 5.41) is 22.8. The fraction of sp³-hybridized carbons (Fsp3) is 0.650. The molecule has 2 fully saturated rings. The molecule has 8 nitrogen and oxygen atoms in total. The molecule has 1 aliphatic heterocycles. The van der Waals surface area contributed by atoms with E-state index in [2.05, 4.69) is 28.2 Å². The van der Waals surface area contributed by atoms with E-state index < -0.39 is 6.04 Å². The largest absolute Gasteiger partial charge is 0.394 e. The lowest BCUT2D eigenvalue weighted by Gasteiger charge is -2.38. The Labute approximate surface area is 174 Å². The molecule has 2 aromatic rings. The maximum atomic E-state index is 12.5. The fourth-order valence-electron chi connectivity index (χ4n) is 3.82. The van der Waals surface area contributed by atoms with Crippen LogP contribution >= 0.6 is 11.3 Å². The highest BCUT2D eigenvalue weighted by atomic mass is 32.1. The van der Waals surface area contributed by atoms with Gasteiger partial charge >= 0.3 is 0 Å². The summed E-state index contributed by atoms with van der Waals surface area (Å²) in [4.78, 5) is 28.2. The Bertz CT molecular complexity index is 857. The third kappa shape index (κ3) is 4.17. The number of nitrogens with one attached hydrogen (secondary N) is 1. The molecule has 3 N–H and O–H groups in total. The van der Waals surface area contributed by atoms with Gasteiger partial charge in [0.05, 0.1) is 24.6 Å². The van der Waals surface area contributed by atoms with E-state index in [0.29, 0.717) is 24.9 Å². The zero-order valence-corrected chi connectivity index (χ0v) is 17.6. The minimum Gasteiger partial charge on any atom is -0.394 e. The predicted molar refractivity (Wildman–Crippen MR) is 115 cm³/mol. The first-order valence-electron chi connectivity index (χ1n) is 10.4. The quantitative estimate of drug-likeness (QED) is 0.625. The number of anilines is 2. The average Bonchev–Trinajstić information content (AvgIpc) is 3.13. The SMILES string of the molecule is CCc1cc2c(N3CCN(C(=O)C4CCC4)CC3)nc(NC(CO)CO)nc2s1. The molecule has 0 aromatic carbocycles. The van der Waals surface area contributed by atoms with Gasteiger partial charge in [0.15, 0.2) is 0 Å². The van der Waals surface area contributed by atoms with Crippen LogP contribution in [0.4, 0.5) is 11.8 Å². The number of hydrogen-bond acceptors (Lipinski definition) is 8. The number of carbonyl (C=O) groups is 1. The smallest absolute Gasteiger partial charge is 0.226 e. The van der Waals surface area contributed by atoms with Crippen molar-refractivity contribution in [2.24, 2.45) is 5.92 Å². The Morgan fingerprint density at radius 1 is 1.24 bits per heavy atom. The summed E-state index contributed by atoms with van der Waals surface area (Å²) in [6.07, 6.45) is 4.17. The molecule has 1 amide bonds. The topological polar surface area (TPSA) is 102 Å². The number of fused-ring (bicyclic) bond motifs is 1. The molecule has 0 bridgehead atoms. The number of aliphatic hydroxyl groups is 2. The van der Waals surface area contributed by atoms with E-state index in [-0.39, 0.29) is 19.1 Å². The van der Waals surface area contributed by atoms with Crippen molar-refractivity contribution in [2.75, 3.05) is 49.6 Å². The Morgan fingerprint density at radius 3 is 2.55 bits per heavy atom. The first-order chi connectivity index (χ1) is 14.1. The van der Waals surface area contributed by atoms with Crippen molar-refractivity contribution in [1.82, 2.24) is 14.9 Å². The molecule has 0 radical (unpaired) electrons. The first-order valence-corrected chi connectivity index (χ1v) is 11.3. The number of hydrogen-bond donors (Lipinski definition) is 3. The Balaban J connectivity index is 1.56. The van der Waals surface area contributed by atoms with Crippen molar-refractivity contribution in [1.29, 1.82) is 0 Å². The van der Waals surface area contributed by atoms with Gasteiger partial charge in [0.25, 0.3) is 0 Å². The highest BCUT2D eigenvalue weighted by Crippen LogP contribution is 2.34. The van der Waals surface area contributed by atoms with Crippen LogP contribution in [-0.4, -0.2) is 76.4 Å². The van der Waals surface area contributed by atoms with Crippen LogP contribution in [0.1, 0.15) is 31.1 Å². The van der Waals surface area contributed by atoms with E-state index in [1.807, 2.05) is 4.90 Å². The standard InChI is InChI=1S/C20H29N5O3S/c1-2-15-10-16-17(22-20(23-18(16)29-15)21-14(11-26)12-27)24-6-8-25(9-7-24)19(28)13-4-3-5-13/h10,13-14,26-27H,2-9,11-12H2,1H3,(H,21,22,23). The van der Waals surface area contributed by atoms with Crippen LogP contribution < -0.4 is 10.2 Å². The molecule has 1 saturated heterocycles. The number of aliphatic hydroxyl groups excluding tert-OH is 2. The lowest BCUT2D eigenvalue weighted by molar-refractivity contribution is -0.138. The van der Waals surface area contributed by atoms with Crippen LogP contribution in [0.3, 0.4) is 0 Å². The normalized spacial score (nSPS) is 17.8. The second-order valence-electron chi connectivity index (χ2n) is 7.80. The average molecular weight is 420 g/mol. The maximum absolute atomic E-state index is 12.5. The molecular formula is C20H29N5O3S. The van der Waals surface area contributed by atoms with E-state index in [1.54, 1.807) is 11.3 Å². The minimum atomic E-state index is -0.497. The summed E-state index contributed by atoms with van der Waals surface area (Å²) in [6.45, 7) is 4.64. The van der Waals surface area contributed by atoms with Gasteiger partial charge in [0, 0.05) is 37.0 Å². The van der Waals surface area contributed by atoms with E-state index in [0.717, 1.165) is 48.4 Å². The van der Waals surface area contributed by atoms with Crippen molar-refractivity contribution in [3.8, 4) is 0 Å². The number of aryl methyl sites for hydroxylation is 1. The zero-order valence-electron chi connectivity index (χ0n) is 16.8. The number of nitrogens with zero attached hydrogens (tertiary/aromatic N) is 4. The summed E-state index contributed by atoms with van der Waals surface area (Å²) in [5.41, 5.74) is 0. The molecule has 158 valence electrons. The summed E-state index contributed by atoms with van der Waals surface area (Å²) in [6, 6.07) is 1.66. The van der Waals surface area contributed by atoms with E-state index in [4.69, 9.17) is 4.98 Å². The summed E-state index contributed by atoms with van der Waals surface area (Å²) in [5.74, 6) is 1.82. The number of rotatable bonds is 7. The van der Waals surface area contributed by atoms with Crippen molar-refractivity contribution in [2.45, 2.75) is 38.6 Å². The number of thiophene rings is 1. The van der Waals surface area contributed by atoms with Gasteiger partial charge in [-0.05, 0) is 25.3 Å². The fourth-order valence-corrected chi connectivity index (χ4v) is 4.78. The molecule has 2 aliphatic rings. The second kappa shape index (κ2) is 8.81. The maximum Gasteiger partial charge on any atom is 0.226 e. The van der Waals surface area contributed by atoms with Crippen LogP contribution in [0, 0.1) is 5.92 Å². The van der Waals surface area contributed by atoms with Gasteiger partial charge in [-0.3, -0.25) is 4.79 Å². The van der Waals surface area contributed by atoms with Crippen molar-refractivity contribution >= 4 is 39.2 Å². The summed E-state index contributed by atoms with van der Waals surface area (Å²) in [7, 11) is 0. The highest BCUT2D eigenvalue weighted by Gasteiger charge is 2.32. The van der Waals surface area contributed by atoms with Gasteiger partial charge in [-0.25, -0.2) is 4.98 Å². The Hall–Kier alpha value is -1.97. The molecule has 0 spiro atoms. The lowest BCUT2D eigenvalue weighted by atomic mass is 9.84. The monoisotopic (exact) mass is 419 g/mol. The number of piperazine rings is 1. The molecule has 0 atom stereocenters. The second-order valence-corrected chi connectivity index (χ2v) is 8.92. The van der Waals surface area contributed by atoms with Crippen LogP contribution in [0.15, 0.2) is 6.07 Å². The van der Waals surface area contributed by atoms with Crippen molar-refractivity contribution < 1.29 is 15.0 Å². The summed E-state index contributed by atoms with van der Waals surface area (Å²) < 4.78 is 0. The third-order valence-electron chi connectivity index (χ3n) is 5.89. The Kier molecular flexibility index (Phi) is 6.17. The molecule has 4 rings (SSSR count). The van der Waals surface area contributed by atoms with Crippen LogP contribution in [0.5, 0.6) is 0 Å². The molecule has 9 heteroatoms. The van der Waals surface area contributed by atoms with Gasteiger partial charge in [-0.1, -0.05) is 13.3 Å². The van der Waals surface area contributed by atoms with Crippen molar-refractivity contribution in [3.05, 3.63) is 10.9 Å². The first kappa shape index (κ1) is 20.3. The summed E-state index contributed by atoms with van der Waals surface area (Å²) >= 11 is 1.64. The number of carbonyl (C=O) groups excluding carboxylic acids is 1. The molecular weight excluding hydrogens is 390 g/mol. The molecule has 3 heterocycles. The van der Waals surface area contributed by atoms with E-state index >= 15 is 0 Å². The molecule has 1 saturated carbocycles. The van der Waals surface area contributed by atoms with Gasteiger partial charge in [-0.2, -0.15) is 4.98 Å². The van der Waals surface area contributed by atoms with E-state index in [1.165, 1.54) is 11.3 Å². The Morgan fingerprint density at radius 2 is 1.97 bits per heavy atom. The molecule has 29 heavy (non-hydrogen) atoms. The molecule has 1 aliphatic carbocycles. The third-order valence-corrected chi connectivity index (χ3v) is 7.06. The predicted octanol–water partition coefficient (Wildman–Crippen LogP) is 1.47. The van der Waals surface area contributed by atoms with Gasteiger partial charge in [0.2, 0.25) is 11.9 Å². The van der Waals surface area contributed by atoms with Gasteiger partial charge in [0.1, 0.15) is 10.6 Å². The highest BCUT2D eigenvalue weighted by molar-refractivity contribution is 7.18. The van der Waals surface area contributed by atoms with Gasteiger partial charge < -0.3 is 25.3 Å². The number of aromatic nitrogens is 2. The minimum absolute atomic E-state index is 0.195. The van der Waals surface area contributed by atoms with Crippen LogP contribution in [0.2, 0.25) is 0 Å². The van der Waals surface area contributed by atoms with Crippen LogP contribution in [0.25, 0.3) is 10.2 Å². The van der Waals surface area contributed by atoms with Crippen molar-refractivity contribution in [3.63, 3.8) is 0 Å². The number of amides is 1. The van der Waals surface area contributed by atoms with Gasteiger partial charge in [-0.15, -0.1) is 11.3 Å². The molecule has 0 unspecified atom stereocenters. The van der Waals surface area contributed by atoms with E-state index in [9.17, 15) is 15.0 Å². The zero-order chi connectivity index (χ0) is 20.4. The molecule has 2 aromatic heterocycles. The lowest BCUT2D eigenvalue weighted by Crippen LogP contribution is -2.51. The van der Waals surface area contributed by atoms with Crippen LogP contribution in [-0.2, 0) is 11.2 Å².